The third-order valence-electron chi connectivity index (χ3n) is 20.5. The Balaban J connectivity index is 0.987. The van der Waals surface area contributed by atoms with Gasteiger partial charge < -0.3 is 10.4 Å². The Bertz CT molecular complexity index is 2020. The summed E-state index contributed by atoms with van der Waals surface area (Å²) in [6.07, 6.45) is 23.0. The predicted molar refractivity (Wildman–Crippen MR) is 248 cm³/mol. The van der Waals surface area contributed by atoms with Gasteiger partial charge in [-0.05, 0) is 197 Å². The summed E-state index contributed by atoms with van der Waals surface area (Å²) >= 11 is 0. The van der Waals surface area contributed by atoms with Crippen molar-refractivity contribution in [1.29, 1.82) is 0 Å². The molecular weight excluding hydrogens is 778 g/mol. The number of aryl methyl sites for hydroxylation is 1. The molecule has 0 spiro atoms. The minimum Gasteiger partial charge on any atom is -0.390 e. The number of carbonyl (C=O) groups is 1. The van der Waals surface area contributed by atoms with Gasteiger partial charge in [-0.15, -0.1) is 0 Å². The van der Waals surface area contributed by atoms with Gasteiger partial charge in [0.1, 0.15) is 22.3 Å². The number of alkyl halides is 1. The van der Waals surface area contributed by atoms with Crippen molar-refractivity contribution in [3.8, 4) is 0 Å². The second-order valence-electron chi connectivity index (χ2n) is 23.6. The Labute approximate surface area is 369 Å². The number of carbonyl (C=O) groups excluding carboxylic acids is 1. The van der Waals surface area contributed by atoms with Crippen LogP contribution in [0.25, 0.3) is 0 Å². The Morgan fingerprint density at radius 3 is 2.21 bits per heavy atom. The lowest BCUT2D eigenvalue weighted by Gasteiger charge is -2.72. The van der Waals surface area contributed by atoms with Gasteiger partial charge in [0, 0.05) is 18.2 Å². The minimum atomic E-state index is -3.07. The molecule has 2 N–H and O–H groups in total. The first-order chi connectivity index (χ1) is 28.7. The van der Waals surface area contributed by atoms with E-state index in [2.05, 4.69) is 77.7 Å². The molecule has 1 aromatic carbocycles. The summed E-state index contributed by atoms with van der Waals surface area (Å²) in [6.45, 7) is 20.2. The number of nitrogens with one attached hydrogen (secondary N) is 1. The van der Waals surface area contributed by atoms with E-state index in [9.17, 15) is 22.7 Å². The fourth-order valence-electron chi connectivity index (χ4n) is 16.7. The fraction of sp³-hybridized carbons (Fsp3) is 0.759. The Hall–Kier alpha value is -2.09. The SMILES string of the molecule is C=C(C)[C@@H]1CC[C@]2(NCC[C@]3(O)CC[C@@H](S(C)(=O)=O)CC3)CC[C@]3(C)[C@H](CC[C@@H]4[C@@]5(C)CC=C(C6=CC[C@](CF)(C(=O)CCc7ccccc7)CC6)C(C)(C)[C@@H]5CC[C@]43C)[C@@H]12. The highest BCUT2D eigenvalue weighted by atomic mass is 32.2. The molecule has 0 aliphatic heterocycles. The zero-order chi connectivity index (χ0) is 43.9. The van der Waals surface area contributed by atoms with Crippen molar-refractivity contribution in [2.24, 2.45) is 56.7 Å². The molecule has 8 rings (SSSR count). The monoisotopic (exact) mass is 858 g/mol. The number of ketones is 1. The number of hydrogen-bond donors (Lipinski definition) is 2. The summed E-state index contributed by atoms with van der Waals surface area (Å²) < 4.78 is 39.4. The lowest BCUT2D eigenvalue weighted by molar-refractivity contribution is -0.221. The largest absolute Gasteiger partial charge is 0.390 e. The number of allylic oxidation sites excluding steroid dienone is 5. The van der Waals surface area contributed by atoms with E-state index in [1.165, 1.54) is 74.3 Å². The van der Waals surface area contributed by atoms with Crippen molar-refractivity contribution >= 4 is 15.6 Å². The maximum Gasteiger partial charge on any atom is 0.150 e. The van der Waals surface area contributed by atoms with Crippen LogP contribution >= 0.6 is 0 Å². The Morgan fingerprint density at radius 2 is 1.57 bits per heavy atom. The van der Waals surface area contributed by atoms with Gasteiger partial charge in [0.25, 0.3) is 0 Å². The Morgan fingerprint density at radius 1 is 0.852 bits per heavy atom. The van der Waals surface area contributed by atoms with Crippen LogP contribution in [0.5, 0.6) is 0 Å². The summed E-state index contributed by atoms with van der Waals surface area (Å²) in [6, 6.07) is 10.1. The number of Topliss-reactive ketones (excluding diaryl/α,β-unsaturated/α-hetero) is 1. The highest BCUT2D eigenvalue weighted by Crippen LogP contribution is 2.76. The van der Waals surface area contributed by atoms with Gasteiger partial charge in [-0.2, -0.15) is 0 Å². The molecule has 7 aliphatic carbocycles. The van der Waals surface area contributed by atoms with Crippen molar-refractivity contribution in [3.63, 3.8) is 0 Å². The molecule has 10 atom stereocenters. The summed E-state index contributed by atoms with van der Waals surface area (Å²) in [5.74, 6) is 2.96. The second-order valence-corrected chi connectivity index (χ2v) is 25.9. The average Bonchev–Trinajstić information content (AvgIpc) is 3.60. The second kappa shape index (κ2) is 16.1. The van der Waals surface area contributed by atoms with E-state index in [0.717, 1.165) is 24.9 Å². The first-order valence-corrected chi connectivity index (χ1v) is 26.5. The number of halogens is 1. The van der Waals surface area contributed by atoms with Crippen molar-refractivity contribution in [2.75, 3.05) is 19.5 Å². The molecule has 1 aromatic rings. The van der Waals surface area contributed by atoms with Crippen LogP contribution in [0.15, 0.2) is 65.8 Å². The van der Waals surface area contributed by atoms with E-state index in [1.54, 1.807) is 0 Å². The topological polar surface area (TPSA) is 83.5 Å². The van der Waals surface area contributed by atoms with Gasteiger partial charge in [-0.3, -0.25) is 4.79 Å². The van der Waals surface area contributed by atoms with E-state index < -0.39 is 27.5 Å². The van der Waals surface area contributed by atoms with E-state index >= 15 is 0 Å². The van der Waals surface area contributed by atoms with Crippen molar-refractivity contribution < 1.29 is 22.7 Å². The first-order valence-electron chi connectivity index (χ1n) is 24.5. The first kappa shape index (κ1) is 45.5. The van der Waals surface area contributed by atoms with Gasteiger partial charge in [-0.25, -0.2) is 12.8 Å². The molecule has 0 bridgehead atoms. The molecule has 5 nitrogen and oxygen atoms in total. The number of aliphatic hydroxyl groups is 1. The van der Waals surface area contributed by atoms with E-state index in [0.29, 0.717) is 87.4 Å². The molecule has 0 amide bonds. The molecule has 5 fully saturated rings. The highest BCUT2D eigenvalue weighted by molar-refractivity contribution is 7.91. The number of fused-ring (bicyclic) bond motifs is 7. The molecule has 0 aromatic heterocycles. The van der Waals surface area contributed by atoms with Crippen molar-refractivity contribution in [2.45, 2.75) is 180 Å². The van der Waals surface area contributed by atoms with E-state index in [4.69, 9.17) is 0 Å². The molecule has 0 radical (unpaired) electrons. The molecule has 0 heterocycles. The van der Waals surface area contributed by atoms with E-state index in [-0.39, 0.29) is 38.2 Å². The van der Waals surface area contributed by atoms with Gasteiger partial charge in [-0.1, -0.05) is 89.3 Å². The van der Waals surface area contributed by atoms with Crippen molar-refractivity contribution in [1.82, 2.24) is 5.32 Å². The molecule has 0 unspecified atom stereocenters. The van der Waals surface area contributed by atoms with Gasteiger partial charge in [0.05, 0.1) is 16.3 Å². The summed E-state index contributed by atoms with van der Waals surface area (Å²) in [7, 11) is -3.07. The van der Waals surface area contributed by atoms with Gasteiger partial charge in [0.2, 0.25) is 0 Å². The van der Waals surface area contributed by atoms with Gasteiger partial charge >= 0.3 is 0 Å². The van der Waals surface area contributed by atoms with Crippen LogP contribution in [0.4, 0.5) is 4.39 Å². The summed E-state index contributed by atoms with van der Waals surface area (Å²) in [4.78, 5) is 13.6. The van der Waals surface area contributed by atoms with Crippen LogP contribution < -0.4 is 5.32 Å². The number of sulfone groups is 1. The van der Waals surface area contributed by atoms with E-state index in [1.807, 2.05) is 18.2 Å². The summed E-state index contributed by atoms with van der Waals surface area (Å²) in [5.41, 5.74) is 4.36. The lowest BCUT2D eigenvalue weighted by atomic mass is 9.33. The quantitative estimate of drug-likeness (QED) is 0.205. The molecule has 7 heteroatoms. The standard InChI is InChI=1S/C54H80FNO4S/c1-37(2)41-22-31-54(56-35-34-53(58)29-20-40(21-30-53)61(8,59)60)33-32-50(6)43(47(41)54)15-16-45-49(5)25-23-42(48(3,4)44(49)24-26-51(45,50)7)39-18-27-52(36-55,28-19-39)46(57)17-14-38-12-10-9-11-13-38/h9-13,18,23,40-41,43-45,47,56,58H,1,14-17,19-22,24-36H2,2-8H3/t40-,41-,43+,44-,45+,47+,49-,50+,51+,52-,53+,54-/m0/s1. The minimum absolute atomic E-state index is 0.00119. The molecule has 0 saturated heterocycles. The number of hydrogen-bond acceptors (Lipinski definition) is 5. The third kappa shape index (κ3) is 7.54. The molecular formula is C54H80FNO4S. The fourth-order valence-corrected chi connectivity index (χ4v) is 17.8. The van der Waals surface area contributed by atoms with Crippen LogP contribution in [0.3, 0.4) is 0 Å². The lowest BCUT2D eigenvalue weighted by Crippen LogP contribution is -2.68. The van der Waals surface area contributed by atoms with Gasteiger partial charge in [0.15, 0.2) is 0 Å². The van der Waals surface area contributed by atoms with Crippen LogP contribution in [-0.2, 0) is 21.1 Å². The highest BCUT2D eigenvalue weighted by Gasteiger charge is 2.70. The van der Waals surface area contributed by atoms with Crippen LogP contribution in [0.1, 0.15) is 163 Å². The van der Waals surface area contributed by atoms with Crippen LogP contribution in [0, 0.1) is 56.7 Å². The molecule has 5 saturated carbocycles. The zero-order valence-electron chi connectivity index (χ0n) is 39.0. The third-order valence-corrected chi connectivity index (χ3v) is 22.2. The maximum atomic E-state index is 14.9. The normalized spacial score (nSPS) is 43.2. The molecule has 338 valence electrons. The number of benzene rings is 1. The predicted octanol–water partition coefficient (Wildman–Crippen LogP) is 11.9. The average molecular weight is 858 g/mol. The summed E-state index contributed by atoms with van der Waals surface area (Å²) in [5, 5.41) is 15.5. The molecule has 61 heavy (non-hydrogen) atoms. The maximum absolute atomic E-state index is 14.9. The van der Waals surface area contributed by atoms with Crippen LogP contribution in [0.2, 0.25) is 0 Å². The molecule has 7 aliphatic rings. The van der Waals surface area contributed by atoms with Crippen molar-refractivity contribution in [3.05, 3.63) is 71.3 Å². The zero-order valence-corrected chi connectivity index (χ0v) is 39.8. The smallest absolute Gasteiger partial charge is 0.150 e. The van der Waals surface area contributed by atoms with Crippen LogP contribution in [-0.4, -0.2) is 55.2 Å². The Kier molecular flexibility index (Phi) is 12.0. The number of rotatable bonds is 12.